The zero-order valence-electron chi connectivity index (χ0n) is 12.6. The van der Waals surface area contributed by atoms with Gasteiger partial charge in [-0.1, -0.05) is 18.2 Å². The predicted molar refractivity (Wildman–Crippen MR) is 80.1 cm³/mol. The van der Waals surface area contributed by atoms with Gasteiger partial charge in [-0.05, 0) is 19.1 Å². The van der Waals surface area contributed by atoms with Crippen LogP contribution in [0, 0.1) is 6.92 Å². The van der Waals surface area contributed by atoms with Gasteiger partial charge in [-0.2, -0.15) is 0 Å². The Morgan fingerprint density at radius 2 is 1.87 bits per heavy atom. The summed E-state index contributed by atoms with van der Waals surface area (Å²) in [4.78, 5) is 23.7. The van der Waals surface area contributed by atoms with Gasteiger partial charge in [-0.25, -0.2) is 9.59 Å². The van der Waals surface area contributed by atoms with Gasteiger partial charge in [0.1, 0.15) is 12.2 Å². The molecule has 0 aliphatic heterocycles. The molecule has 0 spiro atoms. The van der Waals surface area contributed by atoms with Crippen molar-refractivity contribution in [1.82, 2.24) is 0 Å². The third-order valence-corrected chi connectivity index (χ3v) is 3.51. The molecular weight excluding hydrogens is 300 g/mol. The number of fused-ring (bicyclic) bond motifs is 1. The van der Waals surface area contributed by atoms with Gasteiger partial charge < -0.3 is 18.3 Å². The topological polar surface area (TPSA) is 78.9 Å². The summed E-state index contributed by atoms with van der Waals surface area (Å²) in [6.07, 6.45) is 1.34. The molecule has 118 valence electrons. The highest BCUT2D eigenvalue weighted by molar-refractivity contribution is 5.96. The van der Waals surface area contributed by atoms with Crippen LogP contribution in [-0.4, -0.2) is 19.0 Å². The summed E-state index contributed by atoms with van der Waals surface area (Å²) in [7, 11) is 1.25. The SMILES string of the molecule is COC(=O)c1occc1COC(=O)c1oc2ccccc2c1C. The normalized spacial score (nSPS) is 10.7. The molecule has 0 radical (unpaired) electrons. The fourth-order valence-electron chi connectivity index (χ4n) is 2.30. The van der Waals surface area contributed by atoms with E-state index in [1.54, 1.807) is 19.1 Å². The molecule has 0 aliphatic carbocycles. The van der Waals surface area contributed by atoms with Crippen LogP contribution in [0.3, 0.4) is 0 Å². The van der Waals surface area contributed by atoms with E-state index in [0.29, 0.717) is 16.7 Å². The Morgan fingerprint density at radius 1 is 1.09 bits per heavy atom. The fourth-order valence-corrected chi connectivity index (χ4v) is 2.30. The number of benzene rings is 1. The highest BCUT2D eigenvalue weighted by atomic mass is 16.5. The van der Waals surface area contributed by atoms with Crippen molar-refractivity contribution in [2.24, 2.45) is 0 Å². The number of carbonyl (C=O) groups is 2. The van der Waals surface area contributed by atoms with E-state index in [-0.39, 0.29) is 18.1 Å². The number of aryl methyl sites for hydroxylation is 1. The summed E-state index contributed by atoms with van der Waals surface area (Å²) in [6, 6.07) is 8.90. The molecule has 0 amide bonds. The summed E-state index contributed by atoms with van der Waals surface area (Å²) < 4.78 is 20.4. The Hall–Kier alpha value is -3.02. The van der Waals surface area contributed by atoms with E-state index in [2.05, 4.69) is 4.74 Å². The first-order valence-electron chi connectivity index (χ1n) is 6.91. The first kappa shape index (κ1) is 14.9. The van der Waals surface area contributed by atoms with E-state index in [1.807, 2.05) is 18.2 Å². The summed E-state index contributed by atoms with van der Waals surface area (Å²) in [5.41, 5.74) is 1.76. The standard InChI is InChI=1S/C17H14O6/c1-10-12-5-3-4-6-13(12)23-14(10)17(19)22-9-11-7-8-21-15(11)16(18)20-2/h3-8H,9H2,1-2H3. The molecular formula is C17H14O6. The van der Waals surface area contributed by atoms with Gasteiger partial charge in [0, 0.05) is 16.5 Å². The molecule has 0 saturated carbocycles. The molecule has 6 nitrogen and oxygen atoms in total. The van der Waals surface area contributed by atoms with E-state index >= 15 is 0 Å². The van der Waals surface area contributed by atoms with Gasteiger partial charge in [0.25, 0.3) is 0 Å². The minimum absolute atomic E-state index is 0.0154. The molecule has 2 aromatic heterocycles. The second kappa shape index (κ2) is 6.00. The largest absolute Gasteiger partial charge is 0.463 e. The van der Waals surface area contributed by atoms with Crippen LogP contribution in [0.15, 0.2) is 45.4 Å². The van der Waals surface area contributed by atoms with E-state index in [1.165, 1.54) is 13.4 Å². The molecule has 0 aliphatic rings. The highest BCUT2D eigenvalue weighted by Gasteiger charge is 2.21. The summed E-state index contributed by atoms with van der Waals surface area (Å²) in [5, 5.41) is 0.859. The quantitative estimate of drug-likeness (QED) is 0.686. The molecule has 3 rings (SSSR count). The van der Waals surface area contributed by atoms with E-state index in [9.17, 15) is 9.59 Å². The number of carbonyl (C=O) groups excluding carboxylic acids is 2. The Bertz CT molecular complexity index is 870. The van der Waals surface area contributed by atoms with Gasteiger partial charge in [-0.3, -0.25) is 0 Å². The van der Waals surface area contributed by atoms with E-state index in [0.717, 1.165) is 5.39 Å². The number of para-hydroxylation sites is 1. The van der Waals surface area contributed by atoms with Crippen molar-refractivity contribution in [2.45, 2.75) is 13.5 Å². The molecule has 0 unspecified atom stereocenters. The van der Waals surface area contributed by atoms with Gasteiger partial charge in [0.2, 0.25) is 11.5 Å². The van der Waals surface area contributed by atoms with Crippen molar-refractivity contribution in [3.8, 4) is 0 Å². The zero-order valence-corrected chi connectivity index (χ0v) is 12.6. The summed E-state index contributed by atoms with van der Waals surface area (Å²) in [6.45, 7) is 1.68. The zero-order chi connectivity index (χ0) is 16.4. The van der Waals surface area contributed by atoms with Crippen molar-refractivity contribution in [3.63, 3.8) is 0 Å². The van der Waals surface area contributed by atoms with Crippen molar-refractivity contribution in [1.29, 1.82) is 0 Å². The Kier molecular flexibility index (Phi) is 3.89. The third kappa shape index (κ3) is 2.70. The monoisotopic (exact) mass is 314 g/mol. The summed E-state index contributed by atoms with van der Waals surface area (Å²) >= 11 is 0. The van der Waals surface area contributed by atoms with Crippen LogP contribution in [0.2, 0.25) is 0 Å². The number of rotatable bonds is 4. The molecule has 2 heterocycles. The lowest BCUT2D eigenvalue weighted by molar-refractivity contribution is 0.0423. The Balaban J connectivity index is 1.78. The lowest BCUT2D eigenvalue weighted by atomic mass is 10.1. The fraction of sp³-hybridized carbons (Fsp3) is 0.176. The molecule has 3 aromatic rings. The highest BCUT2D eigenvalue weighted by Crippen LogP contribution is 2.25. The lowest BCUT2D eigenvalue weighted by Crippen LogP contribution is -2.08. The van der Waals surface area contributed by atoms with E-state index < -0.39 is 11.9 Å². The average molecular weight is 314 g/mol. The van der Waals surface area contributed by atoms with Crippen LogP contribution in [0.4, 0.5) is 0 Å². The molecule has 0 N–H and O–H groups in total. The molecule has 6 heteroatoms. The molecule has 0 saturated heterocycles. The molecule has 0 bridgehead atoms. The van der Waals surface area contributed by atoms with Crippen molar-refractivity contribution in [2.75, 3.05) is 7.11 Å². The maximum absolute atomic E-state index is 12.2. The molecule has 1 aromatic carbocycles. The Labute approximate surface area is 131 Å². The lowest BCUT2D eigenvalue weighted by Gasteiger charge is -2.03. The van der Waals surface area contributed by atoms with Gasteiger partial charge in [0.15, 0.2) is 0 Å². The van der Waals surface area contributed by atoms with Crippen LogP contribution in [0.1, 0.15) is 32.2 Å². The average Bonchev–Trinajstić information content (AvgIpc) is 3.17. The third-order valence-electron chi connectivity index (χ3n) is 3.51. The van der Waals surface area contributed by atoms with Crippen LogP contribution in [0.25, 0.3) is 11.0 Å². The maximum Gasteiger partial charge on any atom is 0.374 e. The number of methoxy groups -OCH3 is 1. The van der Waals surface area contributed by atoms with Crippen LogP contribution in [0.5, 0.6) is 0 Å². The van der Waals surface area contributed by atoms with Crippen LogP contribution < -0.4 is 0 Å². The second-order valence-corrected chi connectivity index (χ2v) is 4.90. The van der Waals surface area contributed by atoms with Crippen LogP contribution in [-0.2, 0) is 16.1 Å². The first-order chi connectivity index (χ1) is 11.1. The van der Waals surface area contributed by atoms with Gasteiger partial charge in [0.05, 0.1) is 13.4 Å². The number of hydrogen-bond donors (Lipinski definition) is 0. The van der Waals surface area contributed by atoms with Gasteiger partial charge in [-0.15, -0.1) is 0 Å². The molecule has 23 heavy (non-hydrogen) atoms. The second-order valence-electron chi connectivity index (χ2n) is 4.90. The number of hydrogen-bond acceptors (Lipinski definition) is 6. The van der Waals surface area contributed by atoms with Crippen molar-refractivity contribution < 1.29 is 27.9 Å². The maximum atomic E-state index is 12.2. The number of furan rings is 2. The Morgan fingerprint density at radius 3 is 2.61 bits per heavy atom. The minimum Gasteiger partial charge on any atom is -0.463 e. The van der Waals surface area contributed by atoms with E-state index in [4.69, 9.17) is 13.6 Å². The smallest absolute Gasteiger partial charge is 0.374 e. The number of esters is 2. The van der Waals surface area contributed by atoms with Crippen LogP contribution >= 0.6 is 0 Å². The van der Waals surface area contributed by atoms with Gasteiger partial charge >= 0.3 is 11.9 Å². The molecule has 0 fully saturated rings. The summed E-state index contributed by atoms with van der Waals surface area (Å²) in [5.74, 6) is -1.06. The minimum atomic E-state index is -0.624. The number of ether oxygens (including phenoxy) is 2. The molecule has 0 atom stereocenters. The predicted octanol–water partition coefficient (Wildman–Crippen LogP) is 3.48. The first-order valence-corrected chi connectivity index (χ1v) is 6.91. The van der Waals surface area contributed by atoms with Crippen molar-refractivity contribution >= 4 is 22.9 Å². The van der Waals surface area contributed by atoms with Crippen molar-refractivity contribution in [3.05, 3.63) is 59.2 Å².